The third-order valence-corrected chi connectivity index (χ3v) is 6.63. The number of amides is 1. The standard InChI is InChI=1S/C29H31N5O2/c1-2-16-34-29(36)26-11-7-6-10-25(26)27(31-34)28(35)30-23-12-14-24(15-13-23)33-19-17-32(18-20-33)21-22-8-4-3-5-9-22/h3-15H,2,16-21H2,1H3,(H,30,35). The lowest BCUT2D eigenvalue weighted by molar-refractivity contribution is 0.102. The maximum absolute atomic E-state index is 13.2. The molecule has 0 atom stereocenters. The van der Waals surface area contributed by atoms with Gasteiger partial charge in [-0.1, -0.05) is 55.5 Å². The Hall–Kier alpha value is -3.97. The highest BCUT2D eigenvalue weighted by molar-refractivity contribution is 6.11. The van der Waals surface area contributed by atoms with Crippen molar-refractivity contribution in [1.82, 2.24) is 14.7 Å². The zero-order chi connectivity index (χ0) is 24.9. The van der Waals surface area contributed by atoms with Gasteiger partial charge in [-0.3, -0.25) is 14.5 Å². The molecule has 184 valence electrons. The number of piperazine rings is 1. The number of hydrogen-bond donors (Lipinski definition) is 1. The summed E-state index contributed by atoms with van der Waals surface area (Å²) in [6.07, 6.45) is 0.758. The molecule has 0 saturated carbocycles. The number of fused-ring (bicyclic) bond motifs is 1. The number of hydrogen-bond acceptors (Lipinski definition) is 5. The molecule has 0 aliphatic carbocycles. The smallest absolute Gasteiger partial charge is 0.276 e. The van der Waals surface area contributed by atoms with Crippen LogP contribution in [0.4, 0.5) is 11.4 Å². The highest BCUT2D eigenvalue weighted by Crippen LogP contribution is 2.21. The summed E-state index contributed by atoms with van der Waals surface area (Å²) in [5.41, 5.74) is 3.28. The summed E-state index contributed by atoms with van der Waals surface area (Å²) in [7, 11) is 0. The summed E-state index contributed by atoms with van der Waals surface area (Å²) < 4.78 is 1.39. The second-order valence-electron chi connectivity index (χ2n) is 9.17. The van der Waals surface area contributed by atoms with Crippen molar-refractivity contribution in [2.24, 2.45) is 0 Å². The number of carbonyl (C=O) groups is 1. The maximum atomic E-state index is 13.2. The SMILES string of the molecule is CCCn1nc(C(=O)Nc2ccc(N3CCN(Cc4ccccc4)CC3)cc2)c2ccccc2c1=O. The van der Waals surface area contributed by atoms with Crippen LogP contribution in [0.1, 0.15) is 29.4 Å². The molecule has 1 aromatic heterocycles. The fourth-order valence-electron chi connectivity index (χ4n) is 4.72. The third kappa shape index (κ3) is 5.16. The number of carbonyl (C=O) groups excluding carboxylic acids is 1. The molecule has 1 amide bonds. The lowest BCUT2D eigenvalue weighted by Crippen LogP contribution is -2.45. The first-order valence-electron chi connectivity index (χ1n) is 12.5. The van der Waals surface area contributed by atoms with Gasteiger partial charge in [-0.05, 0) is 42.3 Å². The van der Waals surface area contributed by atoms with Crippen LogP contribution in [0.3, 0.4) is 0 Å². The predicted molar refractivity (Wildman–Crippen MR) is 145 cm³/mol. The van der Waals surface area contributed by atoms with Crippen molar-refractivity contribution >= 4 is 28.1 Å². The minimum atomic E-state index is -0.321. The second kappa shape index (κ2) is 10.7. The molecule has 7 nitrogen and oxygen atoms in total. The van der Waals surface area contributed by atoms with Crippen molar-refractivity contribution in [1.29, 1.82) is 0 Å². The van der Waals surface area contributed by atoms with Crippen molar-refractivity contribution in [2.45, 2.75) is 26.4 Å². The van der Waals surface area contributed by atoms with Crippen LogP contribution in [0.5, 0.6) is 0 Å². The van der Waals surface area contributed by atoms with Crippen molar-refractivity contribution in [3.8, 4) is 0 Å². The molecule has 5 rings (SSSR count). The largest absolute Gasteiger partial charge is 0.369 e. The Bertz CT molecular complexity index is 1390. The first kappa shape index (κ1) is 23.8. The summed E-state index contributed by atoms with van der Waals surface area (Å²) in [5, 5.41) is 8.43. The van der Waals surface area contributed by atoms with E-state index in [0.29, 0.717) is 23.0 Å². The number of aromatic nitrogens is 2. The quantitative estimate of drug-likeness (QED) is 0.424. The monoisotopic (exact) mass is 481 g/mol. The van der Waals surface area contributed by atoms with Gasteiger partial charge < -0.3 is 10.2 Å². The van der Waals surface area contributed by atoms with E-state index >= 15 is 0 Å². The van der Waals surface area contributed by atoms with Gasteiger partial charge in [0.2, 0.25) is 0 Å². The van der Waals surface area contributed by atoms with Crippen LogP contribution in [0.15, 0.2) is 83.7 Å². The first-order chi connectivity index (χ1) is 17.6. The molecule has 0 unspecified atom stereocenters. The van der Waals surface area contributed by atoms with Crippen molar-refractivity contribution in [2.75, 3.05) is 36.4 Å². The van der Waals surface area contributed by atoms with Crippen molar-refractivity contribution < 1.29 is 4.79 Å². The number of nitrogens with one attached hydrogen (secondary N) is 1. The Balaban J connectivity index is 1.25. The van der Waals surface area contributed by atoms with Crippen LogP contribution >= 0.6 is 0 Å². The van der Waals surface area contributed by atoms with Gasteiger partial charge in [0, 0.05) is 56.0 Å². The number of nitrogens with zero attached hydrogens (tertiary/aromatic N) is 4. The summed E-state index contributed by atoms with van der Waals surface area (Å²) in [4.78, 5) is 30.7. The molecule has 1 N–H and O–H groups in total. The van der Waals surface area contributed by atoms with Crippen LogP contribution in [-0.2, 0) is 13.1 Å². The molecule has 0 bridgehead atoms. The Morgan fingerprint density at radius 1 is 0.861 bits per heavy atom. The molecule has 7 heteroatoms. The average molecular weight is 482 g/mol. The summed E-state index contributed by atoms with van der Waals surface area (Å²) in [6.45, 7) is 7.39. The van der Waals surface area contributed by atoms with E-state index in [0.717, 1.165) is 44.8 Å². The van der Waals surface area contributed by atoms with Crippen LogP contribution in [-0.4, -0.2) is 46.8 Å². The second-order valence-corrected chi connectivity index (χ2v) is 9.17. The minimum Gasteiger partial charge on any atom is -0.369 e. The molecule has 1 fully saturated rings. The lowest BCUT2D eigenvalue weighted by Gasteiger charge is -2.36. The number of aryl methyl sites for hydroxylation is 1. The van der Waals surface area contributed by atoms with Crippen molar-refractivity contribution in [3.05, 3.63) is 100 Å². The number of anilines is 2. The van der Waals surface area contributed by atoms with Crippen LogP contribution in [0.25, 0.3) is 10.8 Å². The molecule has 36 heavy (non-hydrogen) atoms. The topological polar surface area (TPSA) is 70.5 Å². The molecule has 1 saturated heterocycles. The van der Waals surface area contributed by atoms with Crippen LogP contribution in [0, 0.1) is 0 Å². The highest BCUT2D eigenvalue weighted by Gasteiger charge is 2.19. The average Bonchev–Trinajstić information content (AvgIpc) is 2.92. The Morgan fingerprint density at radius 3 is 2.22 bits per heavy atom. The predicted octanol–water partition coefficient (Wildman–Crippen LogP) is 4.38. The fourth-order valence-corrected chi connectivity index (χ4v) is 4.72. The van der Waals surface area contributed by atoms with Gasteiger partial charge in [-0.25, -0.2) is 4.68 Å². The summed E-state index contributed by atoms with van der Waals surface area (Å²) in [5.74, 6) is -0.321. The summed E-state index contributed by atoms with van der Waals surface area (Å²) in [6, 6.07) is 25.7. The molecule has 4 aromatic rings. The van der Waals surface area contributed by atoms with E-state index < -0.39 is 0 Å². The van der Waals surface area contributed by atoms with Gasteiger partial charge >= 0.3 is 0 Å². The van der Waals surface area contributed by atoms with E-state index in [1.807, 2.05) is 43.3 Å². The molecule has 1 aliphatic heterocycles. The van der Waals surface area contributed by atoms with Gasteiger partial charge in [0.25, 0.3) is 11.5 Å². The van der Waals surface area contributed by atoms with Crippen LogP contribution < -0.4 is 15.8 Å². The molecule has 3 aromatic carbocycles. The molecule has 2 heterocycles. The fraction of sp³-hybridized carbons (Fsp3) is 0.276. The van der Waals surface area contributed by atoms with E-state index in [4.69, 9.17) is 0 Å². The first-order valence-corrected chi connectivity index (χ1v) is 12.5. The maximum Gasteiger partial charge on any atom is 0.276 e. The van der Waals surface area contributed by atoms with E-state index in [9.17, 15) is 9.59 Å². The number of rotatable bonds is 7. The lowest BCUT2D eigenvalue weighted by atomic mass is 10.1. The van der Waals surface area contributed by atoms with Crippen molar-refractivity contribution in [3.63, 3.8) is 0 Å². The Morgan fingerprint density at radius 2 is 1.53 bits per heavy atom. The van der Waals surface area contributed by atoms with Gasteiger partial charge in [-0.2, -0.15) is 5.10 Å². The van der Waals surface area contributed by atoms with E-state index in [2.05, 4.69) is 50.5 Å². The number of benzene rings is 3. The van der Waals surface area contributed by atoms with Gasteiger partial charge in [-0.15, -0.1) is 0 Å². The van der Waals surface area contributed by atoms with Gasteiger partial charge in [0.15, 0.2) is 5.69 Å². The molecular weight excluding hydrogens is 450 g/mol. The van der Waals surface area contributed by atoms with E-state index in [-0.39, 0.29) is 17.2 Å². The molecule has 1 aliphatic rings. The van der Waals surface area contributed by atoms with E-state index in [1.165, 1.54) is 10.2 Å². The third-order valence-electron chi connectivity index (χ3n) is 6.63. The molecule has 0 spiro atoms. The normalized spacial score (nSPS) is 14.2. The van der Waals surface area contributed by atoms with Gasteiger partial charge in [0.1, 0.15) is 0 Å². The summed E-state index contributed by atoms with van der Waals surface area (Å²) >= 11 is 0. The zero-order valence-corrected chi connectivity index (χ0v) is 20.6. The van der Waals surface area contributed by atoms with Gasteiger partial charge in [0.05, 0.1) is 5.39 Å². The molecule has 0 radical (unpaired) electrons. The zero-order valence-electron chi connectivity index (χ0n) is 20.6. The van der Waals surface area contributed by atoms with E-state index in [1.54, 1.807) is 12.1 Å². The Labute approximate surface area is 211 Å². The minimum absolute atomic E-state index is 0.169. The highest BCUT2D eigenvalue weighted by atomic mass is 16.2. The van der Waals surface area contributed by atoms with Crippen LogP contribution in [0.2, 0.25) is 0 Å². The Kier molecular flexibility index (Phi) is 7.09. The molecular formula is C29H31N5O2.